The Morgan fingerprint density at radius 1 is 1.38 bits per heavy atom. The highest BCUT2D eigenvalue weighted by atomic mass is 16.5. The quantitative estimate of drug-likeness (QED) is 0.754. The van der Waals surface area contributed by atoms with Crippen LogP contribution in [0.15, 0.2) is 18.2 Å². The van der Waals surface area contributed by atoms with Crippen LogP contribution in [0.1, 0.15) is 19.4 Å². The molecule has 0 aromatic heterocycles. The average Bonchev–Trinajstić information content (AvgIpc) is 2.20. The zero-order chi connectivity index (χ0) is 12.1. The van der Waals surface area contributed by atoms with Crippen LogP contribution in [0.4, 0.5) is 5.69 Å². The molecule has 2 N–H and O–H groups in total. The van der Waals surface area contributed by atoms with Crippen LogP contribution in [-0.2, 0) is 4.74 Å². The van der Waals surface area contributed by atoms with Crippen LogP contribution < -0.4 is 5.32 Å². The summed E-state index contributed by atoms with van der Waals surface area (Å²) < 4.78 is 5.19. The van der Waals surface area contributed by atoms with E-state index in [1.807, 2.05) is 13.0 Å². The third-order valence-corrected chi connectivity index (χ3v) is 2.70. The van der Waals surface area contributed by atoms with Crippen molar-refractivity contribution in [2.75, 3.05) is 19.0 Å². The second kappa shape index (κ2) is 5.75. The van der Waals surface area contributed by atoms with Gasteiger partial charge in [-0.05, 0) is 36.6 Å². The van der Waals surface area contributed by atoms with Gasteiger partial charge in [-0.15, -0.1) is 0 Å². The van der Waals surface area contributed by atoms with Gasteiger partial charge >= 0.3 is 0 Å². The molecular formula is C13H21NO2. The maximum absolute atomic E-state index is 9.33. The molecule has 1 unspecified atom stereocenters. The summed E-state index contributed by atoms with van der Waals surface area (Å²) in [5.41, 5.74) is 2.09. The van der Waals surface area contributed by atoms with E-state index >= 15 is 0 Å². The van der Waals surface area contributed by atoms with Crippen molar-refractivity contribution in [3.8, 4) is 5.75 Å². The normalized spacial score (nSPS) is 12.8. The highest BCUT2D eigenvalue weighted by Crippen LogP contribution is 2.22. The molecule has 0 radical (unpaired) electrons. The number of hydrogen-bond donors (Lipinski definition) is 2. The third-order valence-electron chi connectivity index (χ3n) is 2.70. The number of benzene rings is 1. The monoisotopic (exact) mass is 223 g/mol. The molecule has 90 valence electrons. The fourth-order valence-electron chi connectivity index (χ4n) is 1.59. The fraction of sp³-hybridized carbons (Fsp3) is 0.538. The first kappa shape index (κ1) is 12.8. The molecule has 3 heteroatoms. The van der Waals surface area contributed by atoms with Gasteiger partial charge in [0.1, 0.15) is 5.75 Å². The molecule has 0 spiro atoms. The summed E-state index contributed by atoms with van der Waals surface area (Å²) in [5, 5.41) is 12.8. The van der Waals surface area contributed by atoms with Crippen molar-refractivity contribution in [3.63, 3.8) is 0 Å². The molecule has 1 atom stereocenters. The second-order valence-corrected chi connectivity index (χ2v) is 4.45. The molecule has 0 fully saturated rings. The van der Waals surface area contributed by atoms with Crippen molar-refractivity contribution in [2.45, 2.75) is 26.8 Å². The first-order valence-corrected chi connectivity index (χ1v) is 5.59. The van der Waals surface area contributed by atoms with Gasteiger partial charge in [-0.25, -0.2) is 0 Å². The van der Waals surface area contributed by atoms with E-state index in [9.17, 15) is 5.11 Å². The van der Waals surface area contributed by atoms with E-state index in [1.165, 1.54) is 0 Å². The highest BCUT2D eigenvalue weighted by Gasteiger charge is 2.13. The van der Waals surface area contributed by atoms with E-state index in [1.54, 1.807) is 19.2 Å². The summed E-state index contributed by atoms with van der Waals surface area (Å²) in [7, 11) is 1.71. The summed E-state index contributed by atoms with van der Waals surface area (Å²) in [6.07, 6.45) is 0. The van der Waals surface area contributed by atoms with E-state index in [4.69, 9.17) is 4.74 Å². The van der Waals surface area contributed by atoms with Gasteiger partial charge in [-0.2, -0.15) is 0 Å². The molecule has 1 aromatic rings. The minimum atomic E-state index is 0.285. The molecule has 0 bridgehead atoms. The van der Waals surface area contributed by atoms with Gasteiger partial charge in [0, 0.05) is 12.8 Å². The molecule has 0 saturated carbocycles. The van der Waals surface area contributed by atoms with Crippen LogP contribution in [0.2, 0.25) is 0 Å². The molecule has 3 nitrogen and oxygen atoms in total. The lowest BCUT2D eigenvalue weighted by atomic mass is 10.0. The number of anilines is 1. The van der Waals surface area contributed by atoms with Crippen molar-refractivity contribution in [3.05, 3.63) is 23.8 Å². The van der Waals surface area contributed by atoms with E-state index in [2.05, 4.69) is 19.2 Å². The number of ether oxygens (including phenoxy) is 1. The van der Waals surface area contributed by atoms with Gasteiger partial charge in [-0.1, -0.05) is 13.8 Å². The van der Waals surface area contributed by atoms with Crippen molar-refractivity contribution in [1.29, 1.82) is 0 Å². The van der Waals surface area contributed by atoms with Gasteiger partial charge in [0.15, 0.2) is 0 Å². The number of rotatable bonds is 5. The van der Waals surface area contributed by atoms with E-state index in [0.717, 1.165) is 11.3 Å². The van der Waals surface area contributed by atoms with Crippen LogP contribution in [-0.4, -0.2) is 24.9 Å². The molecule has 0 aliphatic heterocycles. The Balaban J connectivity index is 2.77. The smallest absolute Gasteiger partial charge is 0.115 e. The lowest BCUT2D eigenvalue weighted by Crippen LogP contribution is -2.30. The second-order valence-electron chi connectivity index (χ2n) is 4.45. The molecule has 1 rings (SSSR count). The summed E-state index contributed by atoms with van der Waals surface area (Å²) in [6.45, 7) is 6.98. The predicted octanol–water partition coefficient (Wildman–Crippen LogP) is 2.78. The standard InChI is InChI=1S/C13H21NO2/c1-9(2)13(8-16-4)14-12-6-5-11(15)7-10(12)3/h5-7,9,13-15H,8H2,1-4H3. The van der Waals surface area contributed by atoms with Crippen LogP contribution in [0.5, 0.6) is 5.75 Å². The third kappa shape index (κ3) is 3.42. The number of nitrogens with one attached hydrogen (secondary N) is 1. The molecule has 0 aliphatic carbocycles. The molecule has 1 aromatic carbocycles. The lowest BCUT2D eigenvalue weighted by molar-refractivity contribution is 0.171. The number of hydrogen-bond acceptors (Lipinski definition) is 3. The van der Waals surface area contributed by atoms with Crippen molar-refractivity contribution in [2.24, 2.45) is 5.92 Å². The van der Waals surface area contributed by atoms with Gasteiger partial charge in [-0.3, -0.25) is 0 Å². The average molecular weight is 223 g/mol. The van der Waals surface area contributed by atoms with Crippen molar-refractivity contribution in [1.82, 2.24) is 0 Å². The van der Waals surface area contributed by atoms with Crippen molar-refractivity contribution >= 4 is 5.69 Å². The highest BCUT2D eigenvalue weighted by molar-refractivity contribution is 5.54. The Morgan fingerprint density at radius 3 is 2.56 bits per heavy atom. The summed E-state index contributed by atoms with van der Waals surface area (Å²) in [5.74, 6) is 0.795. The molecule has 0 saturated heterocycles. The van der Waals surface area contributed by atoms with E-state index in [0.29, 0.717) is 18.3 Å². The molecule has 0 heterocycles. The van der Waals surface area contributed by atoms with E-state index in [-0.39, 0.29) is 6.04 Å². The van der Waals surface area contributed by atoms with E-state index < -0.39 is 0 Å². The summed E-state index contributed by atoms with van der Waals surface area (Å²) in [6, 6.07) is 5.63. The van der Waals surface area contributed by atoms with Gasteiger partial charge in [0.2, 0.25) is 0 Å². The Hall–Kier alpha value is -1.22. The number of phenols is 1. The Kier molecular flexibility index (Phi) is 4.62. The van der Waals surface area contributed by atoms with Crippen LogP contribution in [0, 0.1) is 12.8 Å². The first-order valence-electron chi connectivity index (χ1n) is 5.59. The molecule has 0 aliphatic rings. The molecule has 0 amide bonds. The number of aromatic hydroxyl groups is 1. The van der Waals surface area contributed by atoms with Crippen LogP contribution in [0.3, 0.4) is 0 Å². The summed E-state index contributed by atoms with van der Waals surface area (Å²) >= 11 is 0. The Bertz CT molecular complexity index is 337. The zero-order valence-corrected chi connectivity index (χ0v) is 10.4. The SMILES string of the molecule is COCC(Nc1ccc(O)cc1C)C(C)C. The van der Waals surface area contributed by atoms with Gasteiger partial charge in [0.25, 0.3) is 0 Å². The van der Waals surface area contributed by atoms with Crippen LogP contribution in [0.25, 0.3) is 0 Å². The fourth-order valence-corrected chi connectivity index (χ4v) is 1.59. The zero-order valence-electron chi connectivity index (χ0n) is 10.4. The Morgan fingerprint density at radius 2 is 2.06 bits per heavy atom. The number of methoxy groups -OCH3 is 1. The van der Waals surface area contributed by atoms with Gasteiger partial charge in [0.05, 0.1) is 12.6 Å². The largest absolute Gasteiger partial charge is 0.508 e. The Labute approximate surface area is 97.4 Å². The maximum atomic E-state index is 9.33. The number of phenolic OH excluding ortho intramolecular Hbond substituents is 1. The lowest BCUT2D eigenvalue weighted by Gasteiger charge is -2.23. The molecule has 16 heavy (non-hydrogen) atoms. The van der Waals surface area contributed by atoms with Crippen molar-refractivity contribution < 1.29 is 9.84 Å². The summed E-state index contributed by atoms with van der Waals surface area (Å²) in [4.78, 5) is 0. The van der Waals surface area contributed by atoms with Gasteiger partial charge < -0.3 is 15.2 Å². The first-order chi connectivity index (χ1) is 7.54. The number of aryl methyl sites for hydroxylation is 1. The topological polar surface area (TPSA) is 41.5 Å². The van der Waals surface area contributed by atoms with Crippen LogP contribution >= 0.6 is 0 Å². The predicted molar refractivity (Wildman–Crippen MR) is 67.0 cm³/mol. The molecular weight excluding hydrogens is 202 g/mol. The minimum absolute atomic E-state index is 0.285. The maximum Gasteiger partial charge on any atom is 0.115 e. The minimum Gasteiger partial charge on any atom is -0.508 e.